The molecular weight excluding hydrogens is 377 g/mol. The molecule has 0 radical (unpaired) electrons. The van der Waals surface area contributed by atoms with Crippen molar-refractivity contribution in [2.75, 3.05) is 26.0 Å². The van der Waals surface area contributed by atoms with Crippen molar-refractivity contribution < 1.29 is 14.3 Å². The number of carbonyl (C=O) groups excluding carboxylic acids is 2. The normalized spacial score (nSPS) is 10.4. The first-order valence-electron chi connectivity index (χ1n) is 7.81. The molecule has 26 heavy (non-hydrogen) atoms. The average molecular weight is 396 g/mol. The molecule has 6 nitrogen and oxygen atoms in total. The minimum atomic E-state index is -0.347. The van der Waals surface area contributed by atoms with E-state index in [0.29, 0.717) is 34.3 Å². The van der Waals surface area contributed by atoms with Crippen molar-refractivity contribution in [2.45, 2.75) is 6.54 Å². The van der Waals surface area contributed by atoms with E-state index in [-0.39, 0.29) is 24.0 Å². The summed E-state index contributed by atoms with van der Waals surface area (Å²) < 4.78 is 4.87. The Kier molecular flexibility index (Phi) is 7.26. The van der Waals surface area contributed by atoms with E-state index in [1.54, 1.807) is 31.4 Å². The van der Waals surface area contributed by atoms with Gasteiger partial charge >= 0.3 is 0 Å². The first-order valence-corrected chi connectivity index (χ1v) is 8.56. The number of benzene rings is 2. The number of anilines is 1. The molecule has 0 aromatic heterocycles. The Morgan fingerprint density at radius 3 is 2.46 bits per heavy atom. The predicted octanol–water partition coefficient (Wildman–Crippen LogP) is 2.88. The van der Waals surface area contributed by atoms with Gasteiger partial charge in [-0.25, -0.2) is 0 Å². The summed E-state index contributed by atoms with van der Waals surface area (Å²) in [5, 5.41) is 6.31. The van der Waals surface area contributed by atoms with Crippen LogP contribution < -0.4 is 16.4 Å². The first-order chi connectivity index (χ1) is 12.4. The number of nitrogens with one attached hydrogen (secondary N) is 2. The molecule has 0 aliphatic carbocycles. The van der Waals surface area contributed by atoms with Gasteiger partial charge in [-0.2, -0.15) is 0 Å². The zero-order valence-electron chi connectivity index (χ0n) is 14.1. The monoisotopic (exact) mass is 395 g/mol. The summed E-state index contributed by atoms with van der Waals surface area (Å²) in [6.45, 7) is 1.08. The molecule has 4 N–H and O–H groups in total. The van der Waals surface area contributed by atoms with Crippen LogP contribution in [0.5, 0.6) is 0 Å². The number of hydrogen-bond acceptors (Lipinski definition) is 4. The van der Waals surface area contributed by atoms with Crippen LogP contribution in [-0.4, -0.2) is 32.1 Å². The van der Waals surface area contributed by atoms with Gasteiger partial charge in [0.15, 0.2) is 0 Å². The van der Waals surface area contributed by atoms with Gasteiger partial charge in [-0.05, 0) is 35.9 Å². The van der Waals surface area contributed by atoms with Crippen molar-refractivity contribution in [3.8, 4) is 0 Å². The predicted molar refractivity (Wildman–Crippen MR) is 103 cm³/mol. The number of nitrogen functional groups attached to an aromatic ring is 1. The van der Waals surface area contributed by atoms with Gasteiger partial charge in [0, 0.05) is 31.5 Å². The second-order valence-corrected chi connectivity index (χ2v) is 6.30. The maximum absolute atomic E-state index is 12.3. The fourth-order valence-electron chi connectivity index (χ4n) is 2.21. The number of rotatable bonds is 7. The van der Waals surface area contributed by atoms with Crippen LogP contribution in [0.3, 0.4) is 0 Å². The lowest BCUT2D eigenvalue weighted by Crippen LogP contribution is -2.27. The van der Waals surface area contributed by atoms with Gasteiger partial charge in [-0.1, -0.05) is 29.3 Å². The van der Waals surface area contributed by atoms with E-state index in [1.807, 2.05) is 0 Å². The van der Waals surface area contributed by atoms with Crippen LogP contribution in [0.4, 0.5) is 5.69 Å². The standard InChI is InChI=1S/C18H19Cl2N3O3/c1-26-7-6-22-17(24)12-3-4-13(16(21)9-12)18(25)23-10-11-2-5-14(19)15(20)8-11/h2-5,8-9H,6-7,10,21H2,1H3,(H,22,24)(H,23,25). The molecule has 2 amide bonds. The highest BCUT2D eigenvalue weighted by Crippen LogP contribution is 2.22. The molecule has 0 unspecified atom stereocenters. The highest BCUT2D eigenvalue weighted by atomic mass is 35.5. The molecule has 2 aromatic carbocycles. The third kappa shape index (κ3) is 5.36. The number of halogens is 2. The highest BCUT2D eigenvalue weighted by Gasteiger charge is 2.13. The summed E-state index contributed by atoms with van der Waals surface area (Å²) in [5.41, 5.74) is 7.61. The van der Waals surface area contributed by atoms with Crippen LogP contribution in [0.1, 0.15) is 26.3 Å². The Morgan fingerprint density at radius 2 is 1.81 bits per heavy atom. The van der Waals surface area contributed by atoms with Crippen molar-refractivity contribution in [3.63, 3.8) is 0 Å². The van der Waals surface area contributed by atoms with Gasteiger partial charge in [0.25, 0.3) is 11.8 Å². The molecule has 0 fully saturated rings. The van der Waals surface area contributed by atoms with Crippen molar-refractivity contribution in [1.82, 2.24) is 10.6 Å². The molecule has 2 aromatic rings. The van der Waals surface area contributed by atoms with Gasteiger partial charge < -0.3 is 21.1 Å². The van der Waals surface area contributed by atoms with Crippen LogP contribution in [-0.2, 0) is 11.3 Å². The SMILES string of the molecule is COCCNC(=O)c1ccc(C(=O)NCc2ccc(Cl)c(Cl)c2)c(N)c1. The number of amides is 2. The van der Waals surface area contributed by atoms with Crippen molar-refractivity contribution in [2.24, 2.45) is 0 Å². The third-order valence-corrected chi connectivity index (χ3v) is 4.33. The zero-order chi connectivity index (χ0) is 19.1. The quantitative estimate of drug-likeness (QED) is 0.496. The maximum atomic E-state index is 12.3. The minimum absolute atomic E-state index is 0.219. The topological polar surface area (TPSA) is 93.4 Å². The number of methoxy groups -OCH3 is 1. The smallest absolute Gasteiger partial charge is 0.253 e. The van der Waals surface area contributed by atoms with Crippen LogP contribution in [0.15, 0.2) is 36.4 Å². The molecule has 0 spiro atoms. The lowest BCUT2D eigenvalue weighted by Gasteiger charge is -2.10. The summed E-state index contributed by atoms with van der Waals surface area (Å²) >= 11 is 11.8. The third-order valence-electron chi connectivity index (χ3n) is 3.59. The van der Waals surface area contributed by atoms with Gasteiger partial charge in [0.2, 0.25) is 0 Å². The average Bonchev–Trinajstić information content (AvgIpc) is 2.62. The molecule has 0 heterocycles. The molecule has 0 bridgehead atoms. The Bertz CT molecular complexity index is 812. The van der Waals surface area contributed by atoms with Gasteiger partial charge in [-0.3, -0.25) is 9.59 Å². The molecule has 0 atom stereocenters. The molecule has 138 valence electrons. The highest BCUT2D eigenvalue weighted by molar-refractivity contribution is 6.42. The molecule has 0 saturated heterocycles. The summed E-state index contributed by atoms with van der Waals surface area (Å²) in [5.74, 6) is -0.628. The summed E-state index contributed by atoms with van der Waals surface area (Å²) in [6.07, 6.45) is 0. The van der Waals surface area contributed by atoms with Crippen LogP contribution >= 0.6 is 23.2 Å². The fourth-order valence-corrected chi connectivity index (χ4v) is 2.53. The Morgan fingerprint density at radius 1 is 1.04 bits per heavy atom. The first kappa shape index (κ1) is 20.0. The number of carbonyl (C=O) groups is 2. The lowest BCUT2D eigenvalue weighted by molar-refractivity contribution is 0.0931. The molecule has 2 rings (SSSR count). The number of ether oxygens (including phenoxy) is 1. The molecule has 0 aliphatic rings. The van der Waals surface area contributed by atoms with E-state index < -0.39 is 0 Å². The van der Waals surface area contributed by atoms with E-state index in [0.717, 1.165) is 5.56 Å². The van der Waals surface area contributed by atoms with Crippen LogP contribution in [0, 0.1) is 0 Å². The summed E-state index contributed by atoms with van der Waals surface area (Å²) in [4.78, 5) is 24.3. The van der Waals surface area contributed by atoms with E-state index >= 15 is 0 Å². The molecule has 8 heteroatoms. The van der Waals surface area contributed by atoms with E-state index in [1.165, 1.54) is 12.1 Å². The van der Waals surface area contributed by atoms with Crippen molar-refractivity contribution >= 4 is 40.7 Å². The largest absolute Gasteiger partial charge is 0.398 e. The van der Waals surface area contributed by atoms with Gasteiger partial charge in [0.1, 0.15) is 0 Å². The molecule has 0 saturated carbocycles. The van der Waals surface area contributed by atoms with Gasteiger partial charge in [0.05, 0.1) is 22.2 Å². The van der Waals surface area contributed by atoms with E-state index in [2.05, 4.69) is 10.6 Å². The Hall–Kier alpha value is -2.28. The van der Waals surface area contributed by atoms with E-state index in [4.69, 9.17) is 33.7 Å². The second kappa shape index (κ2) is 9.43. The number of hydrogen-bond donors (Lipinski definition) is 3. The van der Waals surface area contributed by atoms with Crippen molar-refractivity contribution in [3.05, 3.63) is 63.1 Å². The lowest BCUT2D eigenvalue weighted by atomic mass is 10.1. The summed E-state index contributed by atoms with van der Waals surface area (Å²) in [6, 6.07) is 9.65. The second-order valence-electron chi connectivity index (χ2n) is 5.48. The fraction of sp³-hybridized carbons (Fsp3) is 0.222. The number of nitrogens with two attached hydrogens (primary N) is 1. The van der Waals surface area contributed by atoms with E-state index in [9.17, 15) is 9.59 Å². The maximum Gasteiger partial charge on any atom is 0.253 e. The van der Waals surface area contributed by atoms with Crippen LogP contribution in [0.25, 0.3) is 0 Å². The zero-order valence-corrected chi connectivity index (χ0v) is 15.7. The minimum Gasteiger partial charge on any atom is -0.398 e. The molecule has 0 aliphatic heterocycles. The van der Waals surface area contributed by atoms with Crippen LogP contribution in [0.2, 0.25) is 10.0 Å². The Balaban J connectivity index is 2.00. The van der Waals surface area contributed by atoms with Crippen molar-refractivity contribution in [1.29, 1.82) is 0 Å². The van der Waals surface area contributed by atoms with Gasteiger partial charge in [-0.15, -0.1) is 0 Å². The molecular formula is C18H19Cl2N3O3. The Labute approximate surface area is 161 Å². The summed E-state index contributed by atoms with van der Waals surface area (Å²) in [7, 11) is 1.55.